The largest absolute Gasteiger partial charge is 0.353 e. The van der Waals surface area contributed by atoms with E-state index in [2.05, 4.69) is 0 Å². The Kier molecular flexibility index (Phi) is 3.19. The second kappa shape index (κ2) is 4.40. The summed E-state index contributed by atoms with van der Waals surface area (Å²) in [6.07, 6.45) is 5.87. The summed E-state index contributed by atoms with van der Waals surface area (Å²) in [6.45, 7) is 1.69. The van der Waals surface area contributed by atoms with Gasteiger partial charge in [0.25, 0.3) is 0 Å². The van der Waals surface area contributed by atoms with Gasteiger partial charge in [-0.15, -0.1) is 0 Å². The molecule has 0 aromatic rings. The van der Waals surface area contributed by atoms with Crippen molar-refractivity contribution < 1.29 is 9.47 Å². The molecule has 3 nitrogen and oxygen atoms in total. The van der Waals surface area contributed by atoms with Crippen LogP contribution in [0.2, 0.25) is 0 Å². The van der Waals surface area contributed by atoms with Crippen LogP contribution in [0.25, 0.3) is 0 Å². The van der Waals surface area contributed by atoms with E-state index in [0.29, 0.717) is 6.04 Å². The zero-order chi connectivity index (χ0) is 9.10. The highest BCUT2D eigenvalue weighted by Crippen LogP contribution is 2.31. The molecule has 0 spiro atoms. The first-order valence-corrected chi connectivity index (χ1v) is 5.35. The summed E-state index contributed by atoms with van der Waals surface area (Å²) < 4.78 is 11.1. The van der Waals surface area contributed by atoms with Gasteiger partial charge >= 0.3 is 0 Å². The van der Waals surface area contributed by atoms with Gasteiger partial charge in [0.15, 0.2) is 6.29 Å². The number of hydrogen-bond acceptors (Lipinski definition) is 3. The molecule has 2 aliphatic rings. The molecule has 2 rings (SSSR count). The molecule has 13 heavy (non-hydrogen) atoms. The van der Waals surface area contributed by atoms with E-state index in [1.807, 2.05) is 0 Å². The Morgan fingerprint density at radius 3 is 2.85 bits per heavy atom. The molecule has 0 aromatic heterocycles. The van der Waals surface area contributed by atoms with Gasteiger partial charge in [0.05, 0.1) is 6.61 Å². The van der Waals surface area contributed by atoms with Crippen LogP contribution in [0.15, 0.2) is 0 Å². The van der Waals surface area contributed by atoms with Crippen LogP contribution in [0.3, 0.4) is 0 Å². The maximum absolute atomic E-state index is 5.70. The molecule has 0 amide bonds. The van der Waals surface area contributed by atoms with Crippen LogP contribution < -0.4 is 5.73 Å². The van der Waals surface area contributed by atoms with E-state index in [1.54, 1.807) is 0 Å². The first-order valence-electron chi connectivity index (χ1n) is 5.35. The average molecular weight is 185 g/mol. The molecule has 0 bridgehead atoms. The fraction of sp³-hybridized carbons (Fsp3) is 1.00. The van der Waals surface area contributed by atoms with Crippen LogP contribution in [0.5, 0.6) is 0 Å². The maximum Gasteiger partial charge on any atom is 0.157 e. The number of nitrogens with two attached hydrogens (primary N) is 1. The van der Waals surface area contributed by atoms with Crippen molar-refractivity contribution in [3.8, 4) is 0 Å². The second-order valence-electron chi connectivity index (χ2n) is 4.12. The average Bonchev–Trinajstić information content (AvgIpc) is 2.84. The summed E-state index contributed by atoms with van der Waals surface area (Å²) in [5.41, 5.74) is 5.70. The predicted molar refractivity (Wildman–Crippen MR) is 50.2 cm³/mol. The Labute approximate surface area is 79.6 Å². The Morgan fingerprint density at radius 2 is 2.23 bits per heavy atom. The number of rotatable bonds is 4. The maximum atomic E-state index is 5.70. The summed E-state index contributed by atoms with van der Waals surface area (Å²) in [5.74, 6) is 0.726. The van der Waals surface area contributed by atoms with Gasteiger partial charge in [-0.2, -0.15) is 0 Å². The smallest absolute Gasteiger partial charge is 0.157 e. The molecule has 1 aliphatic carbocycles. The summed E-state index contributed by atoms with van der Waals surface area (Å²) in [6, 6.07) is 0.455. The van der Waals surface area contributed by atoms with Gasteiger partial charge in [-0.3, -0.25) is 0 Å². The van der Waals surface area contributed by atoms with Crippen LogP contribution in [0.1, 0.15) is 32.1 Å². The molecule has 3 heteroatoms. The minimum absolute atomic E-state index is 0.0729. The van der Waals surface area contributed by atoms with Crippen molar-refractivity contribution in [3.63, 3.8) is 0 Å². The number of ether oxygens (including phenoxy) is 2. The molecule has 1 saturated carbocycles. The van der Waals surface area contributed by atoms with E-state index >= 15 is 0 Å². The van der Waals surface area contributed by atoms with E-state index < -0.39 is 0 Å². The molecule has 0 radical (unpaired) electrons. The zero-order valence-electron chi connectivity index (χ0n) is 8.08. The molecule has 1 heterocycles. The van der Waals surface area contributed by atoms with Gasteiger partial charge < -0.3 is 15.2 Å². The van der Waals surface area contributed by atoms with Crippen LogP contribution in [-0.2, 0) is 9.47 Å². The molecule has 2 fully saturated rings. The van der Waals surface area contributed by atoms with Crippen LogP contribution in [0.4, 0.5) is 0 Å². The third-order valence-corrected chi connectivity index (χ3v) is 2.91. The second-order valence-corrected chi connectivity index (χ2v) is 4.12. The van der Waals surface area contributed by atoms with Crippen molar-refractivity contribution >= 4 is 0 Å². The Balaban J connectivity index is 1.51. The fourth-order valence-corrected chi connectivity index (χ4v) is 1.80. The molecule has 0 aromatic carbocycles. The molecule has 2 N–H and O–H groups in total. The van der Waals surface area contributed by atoms with Crippen molar-refractivity contribution in [1.82, 2.24) is 0 Å². The quantitative estimate of drug-likeness (QED) is 0.717. The molecule has 3 atom stereocenters. The Morgan fingerprint density at radius 1 is 1.38 bits per heavy atom. The minimum atomic E-state index is 0.0729. The summed E-state index contributed by atoms with van der Waals surface area (Å²) in [4.78, 5) is 0. The predicted octanol–water partition coefficient (Wildman–Crippen LogP) is 1.27. The first-order chi connectivity index (χ1) is 6.36. The van der Waals surface area contributed by atoms with Crippen molar-refractivity contribution in [3.05, 3.63) is 0 Å². The number of hydrogen-bond donors (Lipinski definition) is 1. The van der Waals surface area contributed by atoms with Gasteiger partial charge in [-0.25, -0.2) is 0 Å². The first kappa shape index (κ1) is 9.44. The fourth-order valence-electron chi connectivity index (χ4n) is 1.80. The van der Waals surface area contributed by atoms with Crippen LogP contribution in [-0.4, -0.2) is 25.5 Å². The summed E-state index contributed by atoms with van der Waals surface area (Å²) in [7, 11) is 0. The SMILES string of the molecule is N[C@@H]1C[C@H]1CCO[C@@H]1CCCCO1. The van der Waals surface area contributed by atoms with Gasteiger partial charge in [0.2, 0.25) is 0 Å². The van der Waals surface area contributed by atoms with Crippen molar-refractivity contribution in [2.45, 2.75) is 44.4 Å². The molecule has 1 saturated heterocycles. The highest BCUT2D eigenvalue weighted by Gasteiger charge is 2.32. The lowest BCUT2D eigenvalue weighted by atomic mass is 10.2. The highest BCUT2D eigenvalue weighted by atomic mass is 16.7. The van der Waals surface area contributed by atoms with E-state index in [9.17, 15) is 0 Å². The Hall–Kier alpha value is -0.120. The molecule has 1 aliphatic heterocycles. The van der Waals surface area contributed by atoms with Crippen molar-refractivity contribution in [2.75, 3.05) is 13.2 Å². The van der Waals surface area contributed by atoms with E-state index in [4.69, 9.17) is 15.2 Å². The lowest BCUT2D eigenvalue weighted by Crippen LogP contribution is -2.23. The third-order valence-electron chi connectivity index (χ3n) is 2.91. The topological polar surface area (TPSA) is 44.5 Å². The van der Waals surface area contributed by atoms with Gasteiger partial charge in [-0.05, 0) is 38.0 Å². The molecule has 76 valence electrons. The normalized spacial score (nSPS) is 39.0. The monoisotopic (exact) mass is 185 g/mol. The third kappa shape index (κ3) is 2.93. The lowest BCUT2D eigenvalue weighted by molar-refractivity contribution is -0.163. The highest BCUT2D eigenvalue weighted by molar-refractivity contribution is 4.89. The standard InChI is InChI=1S/C10H19NO2/c11-9-7-8(9)4-6-13-10-3-1-2-5-12-10/h8-10H,1-7,11H2/t8-,9-,10-/m1/s1. The van der Waals surface area contributed by atoms with Gasteiger partial charge in [0.1, 0.15) is 0 Å². The molecular formula is C10H19NO2. The van der Waals surface area contributed by atoms with Crippen molar-refractivity contribution in [2.24, 2.45) is 11.7 Å². The van der Waals surface area contributed by atoms with Crippen LogP contribution in [0, 0.1) is 5.92 Å². The van der Waals surface area contributed by atoms with Crippen LogP contribution >= 0.6 is 0 Å². The summed E-state index contributed by atoms with van der Waals surface area (Å²) in [5, 5.41) is 0. The van der Waals surface area contributed by atoms with Gasteiger partial charge in [-0.1, -0.05) is 0 Å². The molecular weight excluding hydrogens is 166 g/mol. The molecule has 0 unspecified atom stereocenters. The van der Waals surface area contributed by atoms with Crippen molar-refractivity contribution in [1.29, 1.82) is 0 Å². The van der Waals surface area contributed by atoms with E-state index in [1.165, 1.54) is 19.3 Å². The van der Waals surface area contributed by atoms with E-state index in [-0.39, 0.29) is 6.29 Å². The zero-order valence-corrected chi connectivity index (χ0v) is 8.08. The summed E-state index contributed by atoms with van der Waals surface area (Å²) >= 11 is 0. The lowest BCUT2D eigenvalue weighted by Gasteiger charge is -2.22. The van der Waals surface area contributed by atoms with Gasteiger partial charge in [0, 0.05) is 12.6 Å². The minimum Gasteiger partial charge on any atom is -0.353 e. The Bertz CT molecular complexity index is 157. The van der Waals surface area contributed by atoms with E-state index in [0.717, 1.165) is 32.0 Å².